The van der Waals surface area contributed by atoms with Crippen LogP contribution in [-0.2, 0) is 14.9 Å². The number of rotatable bonds is 8. The molecular weight excluding hydrogens is 318 g/mol. The molecule has 1 fully saturated rings. The Morgan fingerprint density at radius 3 is 2.61 bits per heavy atom. The smallest absolute Gasteiger partial charge is 0.276 e. The first kappa shape index (κ1) is 18.2. The van der Waals surface area contributed by atoms with E-state index in [4.69, 9.17) is 9.47 Å². The van der Waals surface area contributed by atoms with Gasteiger partial charge in [0, 0.05) is 31.7 Å². The van der Waals surface area contributed by atoms with Crippen LogP contribution in [0.4, 0.5) is 0 Å². The fourth-order valence-electron chi connectivity index (χ4n) is 2.70. The van der Waals surface area contributed by atoms with Crippen LogP contribution in [0.15, 0.2) is 24.3 Å². The van der Waals surface area contributed by atoms with Gasteiger partial charge in [-0.25, -0.2) is 9.44 Å². The van der Waals surface area contributed by atoms with Crippen molar-refractivity contribution in [3.63, 3.8) is 0 Å². The van der Waals surface area contributed by atoms with E-state index in [1.54, 1.807) is 14.0 Å². The number of para-hydroxylation sites is 1. The summed E-state index contributed by atoms with van der Waals surface area (Å²) in [6.45, 7) is 5.18. The molecule has 7 nitrogen and oxygen atoms in total. The lowest BCUT2D eigenvalue weighted by molar-refractivity contribution is 0.0167. The lowest BCUT2D eigenvalue weighted by Crippen LogP contribution is -2.46. The second kappa shape index (κ2) is 8.60. The summed E-state index contributed by atoms with van der Waals surface area (Å²) >= 11 is 0. The van der Waals surface area contributed by atoms with Crippen LogP contribution >= 0.6 is 0 Å². The molecule has 0 saturated carbocycles. The van der Waals surface area contributed by atoms with Crippen LogP contribution in [-0.4, -0.2) is 59.8 Å². The summed E-state index contributed by atoms with van der Waals surface area (Å²) in [7, 11) is -1.87. The van der Waals surface area contributed by atoms with E-state index in [1.807, 2.05) is 24.3 Å². The molecule has 23 heavy (non-hydrogen) atoms. The fraction of sp³-hybridized carbons (Fsp3) is 0.600. The van der Waals surface area contributed by atoms with Gasteiger partial charge in [-0.2, -0.15) is 8.42 Å². The van der Waals surface area contributed by atoms with E-state index in [9.17, 15) is 8.42 Å². The van der Waals surface area contributed by atoms with Crippen LogP contribution in [0.3, 0.4) is 0 Å². The van der Waals surface area contributed by atoms with Gasteiger partial charge >= 0.3 is 0 Å². The van der Waals surface area contributed by atoms with Gasteiger partial charge in [-0.1, -0.05) is 25.1 Å². The molecule has 1 aromatic carbocycles. The highest BCUT2D eigenvalue weighted by Gasteiger charge is 2.26. The summed E-state index contributed by atoms with van der Waals surface area (Å²) in [5.74, 6) is 0.756. The second-order valence-corrected chi connectivity index (χ2v) is 6.84. The molecule has 8 heteroatoms. The molecule has 1 aromatic rings. The Morgan fingerprint density at radius 2 is 1.96 bits per heavy atom. The summed E-state index contributed by atoms with van der Waals surface area (Å²) in [6, 6.07) is 7.59. The van der Waals surface area contributed by atoms with Crippen molar-refractivity contribution in [2.75, 3.05) is 46.5 Å². The third-order valence-electron chi connectivity index (χ3n) is 3.79. The van der Waals surface area contributed by atoms with E-state index >= 15 is 0 Å². The van der Waals surface area contributed by atoms with Gasteiger partial charge < -0.3 is 9.47 Å². The molecule has 2 N–H and O–H groups in total. The molecule has 1 unspecified atom stereocenters. The first-order chi connectivity index (χ1) is 11.1. The minimum Gasteiger partial charge on any atom is -0.496 e. The van der Waals surface area contributed by atoms with Crippen molar-refractivity contribution in [1.29, 1.82) is 0 Å². The maximum atomic E-state index is 11.9. The van der Waals surface area contributed by atoms with Gasteiger partial charge in [0.25, 0.3) is 10.2 Å². The van der Waals surface area contributed by atoms with E-state index in [0.29, 0.717) is 19.8 Å². The Hall–Kier alpha value is -1.19. The molecule has 1 heterocycles. The standard InChI is InChI=1S/C15H25N3O4S/c1-3-16-23(19,20)17-12-14(18-8-10-22-11-9-18)13-6-4-5-7-15(13)21-2/h4-7,14,16-17H,3,8-12H2,1-2H3. The third kappa shape index (κ3) is 5.15. The fourth-order valence-corrected chi connectivity index (χ4v) is 3.56. The van der Waals surface area contributed by atoms with Crippen molar-refractivity contribution in [3.8, 4) is 5.75 Å². The average Bonchev–Trinajstić information content (AvgIpc) is 2.56. The van der Waals surface area contributed by atoms with Crippen molar-refractivity contribution < 1.29 is 17.9 Å². The Bertz CT molecular complexity index is 588. The predicted octanol–water partition coefficient (Wildman–Crippen LogP) is 0.512. The average molecular weight is 343 g/mol. The molecule has 0 aliphatic carbocycles. The first-order valence-corrected chi connectivity index (χ1v) is 9.24. The van der Waals surface area contributed by atoms with E-state index < -0.39 is 10.2 Å². The Labute approximate surface area is 138 Å². The molecule has 130 valence electrons. The Balaban J connectivity index is 2.21. The lowest BCUT2D eigenvalue weighted by Gasteiger charge is -2.35. The van der Waals surface area contributed by atoms with Crippen LogP contribution in [0.2, 0.25) is 0 Å². The molecule has 0 spiro atoms. The van der Waals surface area contributed by atoms with Crippen molar-refractivity contribution in [3.05, 3.63) is 29.8 Å². The van der Waals surface area contributed by atoms with Crippen LogP contribution < -0.4 is 14.2 Å². The minimum absolute atomic E-state index is 0.108. The van der Waals surface area contributed by atoms with Gasteiger partial charge in [0.05, 0.1) is 26.4 Å². The molecule has 0 bridgehead atoms. The molecule has 1 saturated heterocycles. The summed E-state index contributed by atoms with van der Waals surface area (Å²) in [5.41, 5.74) is 0.969. The zero-order chi connectivity index (χ0) is 16.7. The molecule has 2 rings (SSSR count). The zero-order valence-electron chi connectivity index (χ0n) is 13.6. The van der Waals surface area contributed by atoms with Crippen LogP contribution in [0.1, 0.15) is 18.5 Å². The third-order valence-corrected chi connectivity index (χ3v) is 5.00. The number of hydrogen-bond donors (Lipinski definition) is 2. The van der Waals surface area contributed by atoms with Crippen molar-refractivity contribution in [1.82, 2.24) is 14.3 Å². The maximum Gasteiger partial charge on any atom is 0.276 e. The molecule has 0 aromatic heterocycles. The lowest BCUT2D eigenvalue weighted by atomic mass is 10.0. The number of morpholine rings is 1. The topological polar surface area (TPSA) is 79.9 Å². The molecular formula is C15H25N3O4S. The number of ether oxygens (including phenoxy) is 2. The number of benzene rings is 1. The van der Waals surface area contributed by atoms with Crippen LogP contribution in [0.5, 0.6) is 5.75 Å². The summed E-state index contributed by atoms with van der Waals surface area (Å²) in [4.78, 5) is 2.22. The van der Waals surface area contributed by atoms with Gasteiger partial charge in [-0.15, -0.1) is 0 Å². The predicted molar refractivity (Wildman–Crippen MR) is 88.7 cm³/mol. The molecule has 0 radical (unpaired) electrons. The summed E-state index contributed by atoms with van der Waals surface area (Å²) < 4.78 is 39.7. The normalized spacial score (nSPS) is 17.8. The summed E-state index contributed by atoms with van der Waals surface area (Å²) in [6.07, 6.45) is 0. The highest BCUT2D eigenvalue weighted by Crippen LogP contribution is 2.29. The van der Waals surface area contributed by atoms with Crippen LogP contribution in [0.25, 0.3) is 0 Å². The quantitative estimate of drug-likeness (QED) is 0.719. The first-order valence-electron chi connectivity index (χ1n) is 7.76. The number of hydrogen-bond acceptors (Lipinski definition) is 5. The number of nitrogens with zero attached hydrogens (tertiary/aromatic N) is 1. The van der Waals surface area contributed by atoms with Gasteiger partial charge in [0.1, 0.15) is 5.75 Å². The highest BCUT2D eigenvalue weighted by molar-refractivity contribution is 7.87. The van der Waals surface area contributed by atoms with Gasteiger partial charge in [-0.3, -0.25) is 4.90 Å². The Kier molecular flexibility index (Phi) is 6.79. The molecule has 1 aliphatic heterocycles. The molecule has 1 aliphatic rings. The maximum absolute atomic E-state index is 11.9. The number of nitrogens with one attached hydrogen (secondary N) is 2. The van der Waals surface area contributed by atoms with E-state index in [0.717, 1.165) is 24.4 Å². The van der Waals surface area contributed by atoms with E-state index in [-0.39, 0.29) is 12.6 Å². The Morgan fingerprint density at radius 1 is 1.26 bits per heavy atom. The monoisotopic (exact) mass is 343 g/mol. The summed E-state index contributed by atoms with van der Waals surface area (Å²) in [5, 5.41) is 0. The highest BCUT2D eigenvalue weighted by atomic mass is 32.2. The van der Waals surface area contributed by atoms with E-state index in [2.05, 4.69) is 14.3 Å². The largest absolute Gasteiger partial charge is 0.496 e. The van der Waals surface area contributed by atoms with E-state index in [1.165, 1.54) is 0 Å². The minimum atomic E-state index is -3.49. The molecule has 0 amide bonds. The number of methoxy groups -OCH3 is 1. The van der Waals surface area contributed by atoms with Gasteiger partial charge in [0.2, 0.25) is 0 Å². The van der Waals surface area contributed by atoms with Crippen molar-refractivity contribution in [2.24, 2.45) is 0 Å². The van der Waals surface area contributed by atoms with Crippen molar-refractivity contribution in [2.45, 2.75) is 13.0 Å². The second-order valence-electron chi connectivity index (χ2n) is 5.26. The van der Waals surface area contributed by atoms with Crippen LogP contribution in [0, 0.1) is 0 Å². The SMILES string of the molecule is CCNS(=O)(=O)NCC(c1ccccc1OC)N1CCOCC1. The zero-order valence-corrected chi connectivity index (χ0v) is 14.4. The van der Waals surface area contributed by atoms with Gasteiger partial charge in [0.15, 0.2) is 0 Å². The molecule has 1 atom stereocenters. The van der Waals surface area contributed by atoms with Gasteiger partial charge in [-0.05, 0) is 6.07 Å². The van der Waals surface area contributed by atoms with Crippen molar-refractivity contribution >= 4 is 10.2 Å².